The molecule has 0 aromatic heterocycles. The van der Waals surface area contributed by atoms with Crippen molar-refractivity contribution in [1.29, 1.82) is 0 Å². The van der Waals surface area contributed by atoms with Crippen LogP contribution in [0.15, 0.2) is 52.4 Å². The number of thioether (sulfide) groups is 1. The Morgan fingerprint density at radius 2 is 1.78 bits per heavy atom. The van der Waals surface area contributed by atoms with Gasteiger partial charge in [-0.1, -0.05) is 24.3 Å². The van der Waals surface area contributed by atoms with Crippen molar-refractivity contribution in [3.63, 3.8) is 0 Å². The van der Waals surface area contributed by atoms with E-state index in [0.717, 1.165) is 23.8 Å². The quantitative estimate of drug-likeness (QED) is 0.298. The van der Waals surface area contributed by atoms with Gasteiger partial charge in [0.2, 0.25) is 0 Å². The van der Waals surface area contributed by atoms with Crippen LogP contribution in [0.1, 0.15) is 16.7 Å². The molecule has 6 heteroatoms. The van der Waals surface area contributed by atoms with Gasteiger partial charge in [-0.05, 0) is 48.1 Å². The Morgan fingerprint density at radius 1 is 1.04 bits per heavy atom. The number of aryl methyl sites for hydroxylation is 1. The fraction of sp³-hybridized carbons (Fsp3) is 0.381. The van der Waals surface area contributed by atoms with Gasteiger partial charge in [-0.3, -0.25) is 4.99 Å². The smallest absolute Gasteiger partial charge is 0.191 e. The highest BCUT2D eigenvalue weighted by Gasteiger charge is 2.04. The van der Waals surface area contributed by atoms with E-state index in [9.17, 15) is 0 Å². The van der Waals surface area contributed by atoms with Crippen LogP contribution in [0, 0.1) is 6.92 Å². The lowest BCUT2D eigenvalue weighted by molar-refractivity contribution is 0.146. The van der Waals surface area contributed by atoms with Crippen LogP contribution >= 0.6 is 11.8 Å². The van der Waals surface area contributed by atoms with E-state index in [1.807, 2.05) is 24.3 Å². The first-order chi connectivity index (χ1) is 13.2. The van der Waals surface area contributed by atoms with E-state index >= 15 is 0 Å². The number of guanidine groups is 1. The Morgan fingerprint density at radius 3 is 2.44 bits per heavy atom. The lowest BCUT2D eigenvalue weighted by Crippen LogP contribution is -2.36. The molecule has 0 bridgehead atoms. The minimum Gasteiger partial charge on any atom is -0.491 e. The minimum atomic E-state index is 0.557. The molecule has 2 N–H and O–H groups in total. The molecule has 146 valence electrons. The number of nitrogens with zero attached hydrogens (tertiary/aromatic N) is 1. The van der Waals surface area contributed by atoms with E-state index in [-0.39, 0.29) is 0 Å². The van der Waals surface area contributed by atoms with Crippen LogP contribution in [0.3, 0.4) is 0 Å². The normalized spacial score (nSPS) is 11.3. The second kappa shape index (κ2) is 11.5. The lowest BCUT2D eigenvalue weighted by Gasteiger charge is -2.14. The predicted molar refractivity (Wildman–Crippen MR) is 114 cm³/mol. The molecular weight excluding hydrogens is 358 g/mol. The highest BCUT2D eigenvalue weighted by Crippen LogP contribution is 2.21. The topological polar surface area (TPSA) is 54.9 Å². The van der Waals surface area contributed by atoms with E-state index in [1.54, 1.807) is 25.9 Å². The number of nitrogens with one attached hydrogen (secondary N) is 2. The highest BCUT2D eigenvalue weighted by molar-refractivity contribution is 7.98. The SMILES string of the molecule is CN=C(NCc1ccc(OCCOC)cc1)NCc1ccc(C)cc1SC. The molecular formula is C21H29N3O2S. The van der Waals surface area contributed by atoms with Crippen molar-refractivity contribution in [3.05, 3.63) is 59.2 Å². The molecule has 0 aliphatic heterocycles. The largest absolute Gasteiger partial charge is 0.491 e. The summed E-state index contributed by atoms with van der Waals surface area (Å²) in [6.07, 6.45) is 2.11. The summed E-state index contributed by atoms with van der Waals surface area (Å²) in [5.41, 5.74) is 3.71. The summed E-state index contributed by atoms with van der Waals surface area (Å²) in [6.45, 7) is 4.70. The van der Waals surface area contributed by atoms with Crippen LogP contribution < -0.4 is 15.4 Å². The number of hydrogen-bond donors (Lipinski definition) is 2. The summed E-state index contributed by atoms with van der Waals surface area (Å²) in [5, 5.41) is 6.73. The minimum absolute atomic E-state index is 0.557. The van der Waals surface area contributed by atoms with Crippen molar-refractivity contribution in [1.82, 2.24) is 10.6 Å². The third kappa shape index (κ3) is 7.15. The summed E-state index contributed by atoms with van der Waals surface area (Å²) >= 11 is 1.77. The van der Waals surface area contributed by atoms with Gasteiger partial charge in [0.15, 0.2) is 5.96 Å². The van der Waals surface area contributed by atoms with E-state index in [0.29, 0.717) is 19.8 Å². The summed E-state index contributed by atoms with van der Waals surface area (Å²) in [5.74, 6) is 1.63. The van der Waals surface area contributed by atoms with Gasteiger partial charge < -0.3 is 20.1 Å². The standard InChI is InChI=1S/C21H29N3O2S/c1-16-5-8-18(20(13-16)27-4)15-24-21(22-2)23-14-17-6-9-19(10-7-17)26-12-11-25-3/h5-10,13H,11-12,14-15H2,1-4H3,(H2,22,23,24). The maximum atomic E-state index is 5.58. The second-order valence-electron chi connectivity index (χ2n) is 6.08. The Labute approximate surface area is 166 Å². The van der Waals surface area contributed by atoms with E-state index in [4.69, 9.17) is 9.47 Å². The molecule has 2 rings (SSSR count). The molecule has 0 atom stereocenters. The number of benzene rings is 2. The number of aliphatic imine (C=N–C) groups is 1. The average Bonchev–Trinajstić information content (AvgIpc) is 2.70. The molecule has 0 unspecified atom stereocenters. The fourth-order valence-corrected chi connectivity index (χ4v) is 3.24. The van der Waals surface area contributed by atoms with Crippen LogP contribution in [0.2, 0.25) is 0 Å². The van der Waals surface area contributed by atoms with E-state index in [1.165, 1.54) is 16.0 Å². The molecule has 0 spiro atoms. The number of ether oxygens (including phenoxy) is 2. The van der Waals surface area contributed by atoms with Gasteiger partial charge in [-0.2, -0.15) is 0 Å². The Hall–Kier alpha value is -2.18. The summed E-state index contributed by atoms with van der Waals surface area (Å²) < 4.78 is 10.6. The number of methoxy groups -OCH3 is 1. The first kappa shape index (κ1) is 21.1. The molecule has 27 heavy (non-hydrogen) atoms. The molecule has 0 radical (unpaired) electrons. The van der Waals surface area contributed by atoms with Crippen LogP contribution in [0.5, 0.6) is 5.75 Å². The van der Waals surface area contributed by atoms with Gasteiger partial charge in [0.1, 0.15) is 12.4 Å². The summed E-state index contributed by atoms with van der Waals surface area (Å²) in [7, 11) is 3.45. The molecule has 2 aromatic rings. The Bertz CT molecular complexity index is 733. The second-order valence-corrected chi connectivity index (χ2v) is 6.93. The number of hydrogen-bond acceptors (Lipinski definition) is 4. The van der Waals surface area contributed by atoms with Gasteiger partial charge in [0.25, 0.3) is 0 Å². The highest BCUT2D eigenvalue weighted by atomic mass is 32.2. The fourth-order valence-electron chi connectivity index (χ4n) is 2.53. The van der Waals surface area contributed by atoms with Crippen molar-refractivity contribution < 1.29 is 9.47 Å². The molecule has 0 aliphatic carbocycles. The van der Waals surface area contributed by atoms with E-state index < -0.39 is 0 Å². The predicted octanol–water partition coefficient (Wildman–Crippen LogP) is 3.61. The zero-order chi connectivity index (χ0) is 19.5. The van der Waals surface area contributed by atoms with Crippen molar-refractivity contribution in [3.8, 4) is 5.75 Å². The molecule has 2 aromatic carbocycles. The van der Waals surface area contributed by atoms with Gasteiger partial charge in [0.05, 0.1) is 6.61 Å². The molecule has 0 saturated carbocycles. The summed E-state index contributed by atoms with van der Waals surface area (Å²) in [4.78, 5) is 5.60. The molecule has 0 saturated heterocycles. The van der Waals surface area contributed by atoms with Gasteiger partial charge in [-0.15, -0.1) is 11.8 Å². The first-order valence-electron chi connectivity index (χ1n) is 8.95. The van der Waals surface area contributed by atoms with Crippen LogP contribution in [-0.2, 0) is 17.8 Å². The molecule has 0 aliphatic rings. The monoisotopic (exact) mass is 387 g/mol. The number of rotatable bonds is 9. The third-order valence-corrected chi connectivity index (χ3v) is 4.87. The molecule has 0 amide bonds. The van der Waals surface area contributed by atoms with Crippen LogP contribution in [-0.4, -0.2) is 39.6 Å². The van der Waals surface area contributed by atoms with Crippen LogP contribution in [0.25, 0.3) is 0 Å². The third-order valence-electron chi connectivity index (χ3n) is 4.05. The Kier molecular flexibility index (Phi) is 9.01. The molecule has 0 fully saturated rings. The molecule has 0 heterocycles. The maximum absolute atomic E-state index is 5.58. The van der Waals surface area contributed by atoms with Crippen molar-refractivity contribution in [2.45, 2.75) is 24.9 Å². The van der Waals surface area contributed by atoms with Crippen molar-refractivity contribution in [2.24, 2.45) is 4.99 Å². The van der Waals surface area contributed by atoms with Gasteiger partial charge in [0, 0.05) is 32.1 Å². The lowest BCUT2D eigenvalue weighted by atomic mass is 10.1. The average molecular weight is 388 g/mol. The van der Waals surface area contributed by atoms with Crippen molar-refractivity contribution >= 4 is 17.7 Å². The summed E-state index contributed by atoms with van der Waals surface area (Å²) in [6, 6.07) is 14.6. The van der Waals surface area contributed by atoms with E-state index in [2.05, 4.69) is 47.0 Å². The van der Waals surface area contributed by atoms with Crippen molar-refractivity contribution in [2.75, 3.05) is 33.6 Å². The van der Waals surface area contributed by atoms with Gasteiger partial charge >= 0.3 is 0 Å². The molecule has 5 nitrogen and oxygen atoms in total. The van der Waals surface area contributed by atoms with Crippen LogP contribution in [0.4, 0.5) is 0 Å². The zero-order valence-corrected chi connectivity index (χ0v) is 17.4. The maximum Gasteiger partial charge on any atom is 0.191 e. The first-order valence-corrected chi connectivity index (χ1v) is 10.2. The zero-order valence-electron chi connectivity index (χ0n) is 16.5. The Balaban J connectivity index is 1.83. The van der Waals surface area contributed by atoms with Gasteiger partial charge in [-0.25, -0.2) is 0 Å².